The van der Waals surface area contributed by atoms with Crippen molar-refractivity contribution in [3.05, 3.63) is 94.4 Å². The number of amides is 2. The van der Waals surface area contributed by atoms with Crippen molar-refractivity contribution in [1.82, 2.24) is 0 Å². The molecule has 0 spiro atoms. The van der Waals surface area contributed by atoms with Gasteiger partial charge in [-0.25, -0.2) is 0 Å². The number of hydrogen-bond donors (Lipinski definition) is 1. The number of nitrogens with one attached hydrogen (secondary N) is 1. The topological polar surface area (TPSA) is 58.6 Å². The molecule has 0 unspecified atom stereocenters. The normalized spacial score (nSPS) is 14.7. The maximum atomic E-state index is 12.9. The zero-order valence-electron chi connectivity index (χ0n) is 16.7. The van der Waals surface area contributed by atoms with E-state index >= 15 is 0 Å². The predicted molar refractivity (Wildman–Crippen MR) is 134 cm³/mol. The van der Waals surface area contributed by atoms with Crippen LogP contribution in [0.3, 0.4) is 0 Å². The van der Waals surface area contributed by atoms with E-state index in [1.54, 1.807) is 48.5 Å². The van der Waals surface area contributed by atoms with Gasteiger partial charge in [-0.05, 0) is 48.0 Å². The zero-order valence-corrected chi connectivity index (χ0v) is 19.0. The van der Waals surface area contributed by atoms with Gasteiger partial charge in [0.2, 0.25) is 0 Å². The highest BCUT2D eigenvalue weighted by molar-refractivity contribution is 8.27. The average Bonchev–Trinajstić information content (AvgIpc) is 3.07. The molecule has 0 atom stereocenters. The van der Waals surface area contributed by atoms with Crippen LogP contribution in [0.5, 0.6) is 5.75 Å². The van der Waals surface area contributed by atoms with Gasteiger partial charge in [0.05, 0.1) is 21.3 Å². The summed E-state index contributed by atoms with van der Waals surface area (Å²) < 4.78 is 6.09. The summed E-state index contributed by atoms with van der Waals surface area (Å²) in [5.74, 6) is 0.00970. The molecule has 32 heavy (non-hydrogen) atoms. The van der Waals surface area contributed by atoms with Crippen LogP contribution in [-0.4, -0.2) is 22.7 Å². The van der Waals surface area contributed by atoms with Crippen LogP contribution in [0, 0.1) is 0 Å². The molecule has 4 rings (SSSR count). The Labute approximate surface area is 200 Å². The van der Waals surface area contributed by atoms with E-state index in [9.17, 15) is 9.59 Å². The lowest BCUT2D eigenvalue weighted by molar-refractivity contribution is -0.118. The minimum atomic E-state index is -0.327. The molecule has 2 amide bonds. The number of carbonyl (C=O) groups is 2. The summed E-state index contributed by atoms with van der Waals surface area (Å²) in [6.07, 6.45) is 1.76. The molecule has 0 aliphatic carbocycles. The molecule has 160 valence electrons. The Morgan fingerprint density at radius 1 is 1.06 bits per heavy atom. The van der Waals surface area contributed by atoms with Crippen molar-refractivity contribution in [1.29, 1.82) is 0 Å². The summed E-state index contributed by atoms with van der Waals surface area (Å²) in [4.78, 5) is 27.1. The van der Waals surface area contributed by atoms with Crippen LogP contribution in [0.25, 0.3) is 6.08 Å². The summed E-state index contributed by atoms with van der Waals surface area (Å²) in [6.45, 7) is -0.176. The van der Waals surface area contributed by atoms with Crippen LogP contribution in [0.15, 0.2) is 83.8 Å². The van der Waals surface area contributed by atoms with Gasteiger partial charge >= 0.3 is 0 Å². The van der Waals surface area contributed by atoms with Gasteiger partial charge in [-0.1, -0.05) is 78.0 Å². The van der Waals surface area contributed by atoms with E-state index in [2.05, 4.69) is 5.32 Å². The second-order valence-corrected chi connectivity index (χ2v) is 8.82. The minimum absolute atomic E-state index is 0.170. The molecule has 0 saturated carbocycles. The Morgan fingerprint density at radius 3 is 2.59 bits per heavy atom. The number of anilines is 2. The molecule has 1 aliphatic heterocycles. The van der Waals surface area contributed by atoms with E-state index in [0.29, 0.717) is 25.7 Å². The zero-order chi connectivity index (χ0) is 22.5. The van der Waals surface area contributed by atoms with Crippen LogP contribution in [-0.2, 0) is 9.59 Å². The standard InChI is InChI=1S/C24H17ClN2O3S2/c25-19-11-4-5-12-20(19)26-22(28)15-30-18-10-6-7-16(13-18)14-21-23(29)27(24(31)32-21)17-8-2-1-3-9-17/h1-14H,15H2,(H,26,28)/b21-14-. The van der Waals surface area contributed by atoms with Crippen molar-refractivity contribution in [2.75, 3.05) is 16.8 Å². The van der Waals surface area contributed by atoms with Gasteiger partial charge in [0.15, 0.2) is 10.9 Å². The third-order valence-corrected chi connectivity index (χ3v) is 6.11. The van der Waals surface area contributed by atoms with Crippen LogP contribution in [0.1, 0.15) is 5.56 Å². The van der Waals surface area contributed by atoms with Crippen molar-refractivity contribution in [2.24, 2.45) is 0 Å². The number of nitrogens with zero attached hydrogens (tertiary/aromatic N) is 1. The molecule has 1 aliphatic rings. The molecule has 3 aromatic carbocycles. The van der Waals surface area contributed by atoms with Gasteiger partial charge in [0.1, 0.15) is 5.75 Å². The van der Waals surface area contributed by atoms with Gasteiger partial charge in [0, 0.05) is 0 Å². The smallest absolute Gasteiger partial charge is 0.270 e. The lowest BCUT2D eigenvalue weighted by atomic mass is 10.2. The molecule has 1 fully saturated rings. The van der Waals surface area contributed by atoms with Gasteiger partial charge in [-0.3, -0.25) is 14.5 Å². The molecule has 5 nitrogen and oxygen atoms in total. The fourth-order valence-electron chi connectivity index (χ4n) is 3.01. The van der Waals surface area contributed by atoms with E-state index in [-0.39, 0.29) is 18.4 Å². The van der Waals surface area contributed by atoms with E-state index in [0.717, 1.165) is 11.3 Å². The lowest BCUT2D eigenvalue weighted by Crippen LogP contribution is -2.27. The number of carbonyl (C=O) groups excluding carboxylic acids is 2. The maximum Gasteiger partial charge on any atom is 0.270 e. The van der Waals surface area contributed by atoms with Crippen molar-refractivity contribution >= 4 is 69.2 Å². The number of para-hydroxylation sites is 2. The summed E-state index contributed by atoms with van der Waals surface area (Å²) in [5, 5.41) is 3.16. The molecular weight excluding hydrogens is 464 g/mol. The Kier molecular flexibility index (Phi) is 6.90. The largest absolute Gasteiger partial charge is 0.484 e. The number of halogens is 1. The Hall–Kier alpha value is -3.13. The number of ether oxygens (including phenoxy) is 1. The quantitative estimate of drug-likeness (QED) is 0.359. The third-order valence-electron chi connectivity index (χ3n) is 4.48. The van der Waals surface area contributed by atoms with E-state index in [1.807, 2.05) is 36.4 Å². The molecular formula is C24H17ClN2O3S2. The summed E-state index contributed by atoms with van der Waals surface area (Å²) in [6, 6.07) is 23.4. The molecule has 1 heterocycles. The Morgan fingerprint density at radius 2 is 1.81 bits per heavy atom. The highest BCUT2D eigenvalue weighted by Gasteiger charge is 2.33. The van der Waals surface area contributed by atoms with E-state index < -0.39 is 0 Å². The minimum Gasteiger partial charge on any atom is -0.484 e. The molecule has 0 radical (unpaired) electrons. The molecule has 0 aromatic heterocycles. The van der Waals surface area contributed by atoms with Crippen molar-refractivity contribution < 1.29 is 14.3 Å². The fourth-order valence-corrected chi connectivity index (χ4v) is 4.49. The van der Waals surface area contributed by atoms with Crippen LogP contribution in [0.2, 0.25) is 5.02 Å². The van der Waals surface area contributed by atoms with E-state index in [1.165, 1.54) is 16.7 Å². The van der Waals surface area contributed by atoms with Crippen LogP contribution in [0.4, 0.5) is 11.4 Å². The number of rotatable bonds is 6. The Balaban J connectivity index is 1.42. The van der Waals surface area contributed by atoms with Crippen molar-refractivity contribution in [3.8, 4) is 5.75 Å². The first-order chi connectivity index (χ1) is 15.5. The first-order valence-electron chi connectivity index (χ1n) is 9.61. The van der Waals surface area contributed by atoms with Gasteiger partial charge in [0.25, 0.3) is 11.8 Å². The highest BCUT2D eigenvalue weighted by Crippen LogP contribution is 2.36. The summed E-state index contributed by atoms with van der Waals surface area (Å²) in [7, 11) is 0. The second kappa shape index (κ2) is 9.99. The Bertz CT molecular complexity index is 1210. The molecule has 8 heteroatoms. The van der Waals surface area contributed by atoms with Crippen molar-refractivity contribution in [3.63, 3.8) is 0 Å². The molecule has 3 aromatic rings. The van der Waals surface area contributed by atoms with E-state index in [4.69, 9.17) is 28.6 Å². The third kappa shape index (κ3) is 5.19. The number of thiocarbonyl (C=S) groups is 1. The maximum absolute atomic E-state index is 12.9. The molecule has 0 bridgehead atoms. The number of hydrogen-bond acceptors (Lipinski definition) is 5. The second-order valence-electron chi connectivity index (χ2n) is 6.74. The van der Waals surface area contributed by atoms with Gasteiger partial charge in [-0.2, -0.15) is 0 Å². The fraction of sp³-hybridized carbons (Fsp3) is 0.0417. The first-order valence-corrected chi connectivity index (χ1v) is 11.2. The van der Waals surface area contributed by atoms with Crippen LogP contribution < -0.4 is 15.0 Å². The SMILES string of the molecule is O=C(COc1cccc(/C=C2\SC(=S)N(c3ccccc3)C2=O)c1)Nc1ccccc1Cl. The monoisotopic (exact) mass is 480 g/mol. The molecule has 1 N–H and O–H groups in total. The van der Waals surface area contributed by atoms with Gasteiger partial charge in [-0.15, -0.1) is 0 Å². The van der Waals surface area contributed by atoms with Crippen molar-refractivity contribution in [2.45, 2.75) is 0 Å². The average molecular weight is 481 g/mol. The number of thioether (sulfide) groups is 1. The summed E-state index contributed by atoms with van der Waals surface area (Å²) in [5.41, 5.74) is 2.03. The highest BCUT2D eigenvalue weighted by atomic mass is 35.5. The summed E-state index contributed by atoms with van der Waals surface area (Å²) >= 11 is 12.7. The lowest BCUT2D eigenvalue weighted by Gasteiger charge is -2.13. The first kappa shape index (κ1) is 22.1. The molecule has 1 saturated heterocycles. The predicted octanol–water partition coefficient (Wildman–Crippen LogP) is 5.76. The van der Waals surface area contributed by atoms with Gasteiger partial charge < -0.3 is 10.1 Å². The number of benzene rings is 3. The van der Waals surface area contributed by atoms with Crippen LogP contribution >= 0.6 is 35.6 Å².